The Labute approximate surface area is 223 Å². The molecule has 0 spiro atoms. The van der Waals surface area contributed by atoms with E-state index >= 15 is 0 Å². The van der Waals surface area contributed by atoms with Crippen LogP contribution in [0.2, 0.25) is 0 Å². The molecule has 0 N–H and O–H groups in total. The Hall–Kier alpha value is -4.28. The van der Waals surface area contributed by atoms with Crippen LogP contribution in [0.4, 0.5) is 5.69 Å². The largest absolute Gasteiger partial charge is 0.368 e. The third kappa shape index (κ3) is 4.17. The summed E-state index contributed by atoms with van der Waals surface area (Å²) in [6.45, 7) is 8.00. The normalized spacial score (nSPS) is 14.8. The van der Waals surface area contributed by atoms with Gasteiger partial charge >= 0.3 is 0 Å². The van der Waals surface area contributed by atoms with Crippen LogP contribution in [0.1, 0.15) is 19.4 Å². The predicted octanol–water partition coefficient (Wildman–Crippen LogP) is 5.40. The molecule has 0 aliphatic carbocycles. The van der Waals surface area contributed by atoms with Crippen LogP contribution in [0, 0.1) is 11.3 Å². The lowest BCUT2D eigenvalue weighted by molar-refractivity contribution is 0.313. The van der Waals surface area contributed by atoms with Gasteiger partial charge in [-0.2, -0.15) is 10.4 Å². The molecule has 1 fully saturated rings. The predicted molar refractivity (Wildman–Crippen MR) is 153 cm³/mol. The van der Waals surface area contributed by atoms with Gasteiger partial charge in [0, 0.05) is 61.3 Å². The van der Waals surface area contributed by atoms with E-state index in [2.05, 4.69) is 64.3 Å². The Morgan fingerprint density at radius 1 is 0.842 bits per heavy atom. The van der Waals surface area contributed by atoms with E-state index in [-0.39, 0.29) is 0 Å². The quantitative estimate of drug-likeness (QED) is 0.328. The van der Waals surface area contributed by atoms with E-state index in [4.69, 9.17) is 10.1 Å². The van der Waals surface area contributed by atoms with Crippen molar-refractivity contribution in [1.29, 1.82) is 5.26 Å². The number of hydrogen-bond donors (Lipinski definition) is 0. The molecule has 1 aliphatic heterocycles. The average molecular weight is 502 g/mol. The number of fused-ring (bicyclic) bond motifs is 3. The van der Waals surface area contributed by atoms with Crippen molar-refractivity contribution in [1.82, 2.24) is 24.6 Å². The first-order valence-electron chi connectivity index (χ1n) is 13.0. The van der Waals surface area contributed by atoms with Crippen molar-refractivity contribution in [3.05, 3.63) is 72.7 Å². The number of benzene rings is 2. The average Bonchev–Trinajstić information content (AvgIpc) is 3.30. The summed E-state index contributed by atoms with van der Waals surface area (Å²) >= 11 is 0. The second-order valence-electron chi connectivity index (χ2n) is 10.8. The topological polar surface area (TPSA) is 73.9 Å². The molecular weight excluding hydrogens is 470 g/mol. The molecule has 4 heterocycles. The summed E-state index contributed by atoms with van der Waals surface area (Å²) in [4.78, 5) is 14.1. The Balaban J connectivity index is 1.45. The van der Waals surface area contributed by atoms with Crippen molar-refractivity contribution in [3.8, 4) is 28.5 Å². The lowest BCUT2D eigenvalue weighted by Crippen LogP contribution is -2.44. The fourth-order valence-corrected chi connectivity index (χ4v) is 5.24. The molecule has 0 radical (unpaired) electrons. The molecule has 1 saturated heterocycles. The maximum Gasteiger partial charge on any atom is 0.101 e. The second kappa shape index (κ2) is 9.23. The number of anilines is 1. The zero-order valence-electron chi connectivity index (χ0n) is 22.3. The van der Waals surface area contributed by atoms with E-state index < -0.39 is 5.41 Å². The van der Waals surface area contributed by atoms with Crippen LogP contribution in [0.25, 0.3) is 44.2 Å². The van der Waals surface area contributed by atoms with Gasteiger partial charge < -0.3 is 9.80 Å². The van der Waals surface area contributed by atoms with Crippen LogP contribution in [0.3, 0.4) is 0 Å². The summed E-state index contributed by atoms with van der Waals surface area (Å²) in [5, 5.41) is 16.6. The minimum absolute atomic E-state index is 0.539. The third-order valence-corrected chi connectivity index (χ3v) is 7.77. The minimum Gasteiger partial charge on any atom is -0.368 e. The molecule has 0 unspecified atom stereocenters. The maximum atomic E-state index is 9.54. The molecule has 0 bridgehead atoms. The summed E-state index contributed by atoms with van der Waals surface area (Å²) in [5.74, 6) is 0. The number of pyridine rings is 2. The van der Waals surface area contributed by atoms with Gasteiger partial charge in [0.05, 0.1) is 40.6 Å². The number of likely N-dealkylation sites (N-methyl/N-ethyl adjacent to an activating group) is 1. The summed E-state index contributed by atoms with van der Waals surface area (Å²) < 4.78 is 1.90. The van der Waals surface area contributed by atoms with Gasteiger partial charge in [0.2, 0.25) is 0 Å². The van der Waals surface area contributed by atoms with Gasteiger partial charge in [-0.3, -0.25) is 14.6 Å². The van der Waals surface area contributed by atoms with Gasteiger partial charge in [-0.1, -0.05) is 30.3 Å². The van der Waals surface area contributed by atoms with E-state index in [1.807, 2.05) is 56.3 Å². The first-order chi connectivity index (χ1) is 18.3. The molecule has 0 amide bonds. The van der Waals surface area contributed by atoms with Crippen LogP contribution >= 0.6 is 0 Å². The van der Waals surface area contributed by atoms with Gasteiger partial charge in [-0.25, -0.2) is 0 Å². The molecule has 1 aliphatic rings. The van der Waals surface area contributed by atoms with Crippen LogP contribution in [-0.4, -0.2) is 57.9 Å². The maximum absolute atomic E-state index is 9.54. The number of aryl methyl sites for hydroxylation is 1. The molecule has 3 aromatic heterocycles. The highest BCUT2D eigenvalue weighted by molar-refractivity contribution is 6.12. The Kier molecular flexibility index (Phi) is 5.85. The minimum atomic E-state index is -0.539. The molecule has 190 valence electrons. The first-order valence-corrected chi connectivity index (χ1v) is 13.0. The van der Waals surface area contributed by atoms with Crippen molar-refractivity contribution in [3.63, 3.8) is 0 Å². The third-order valence-electron chi connectivity index (χ3n) is 7.77. The number of nitrogens with zero attached hydrogens (tertiary/aromatic N) is 7. The summed E-state index contributed by atoms with van der Waals surface area (Å²) in [5.41, 5.74) is 7.66. The Morgan fingerprint density at radius 2 is 1.58 bits per heavy atom. The van der Waals surface area contributed by atoms with Crippen molar-refractivity contribution in [2.75, 3.05) is 38.1 Å². The van der Waals surface area contributed by atoms with E-state index in [0.29, 0.717) is 0 Å². The number of hydrogen-bond acceptors (Lipinski definition) is 6. The van der Waals surface area contributed by atoms with Gasteiger partial charge in [-0.05, 0) is 50.2 Å². The fraction of sp³-hybridized carbons (Fsp3) is 0.290. The van der Waals surface area contributed by atoms with Crippen LogP contribution in [-0.2, 0) is 12.5 Å². The summed E-state index contributed by atoms with van der Waals surface area (Å²) in [6.07, 6.45) is 5.80. The van der Waals surface area contributed by atoms with Crippen LogP contribution in [0.15, 0.2) is 67.1 Å². The van der Waals surface area contributed by atoms with Crippen molar-refractivity contribution < 1.29 is 0 Å². The molecule has 5 aromatic rings. The first kappa shape index (κ1) is 24.1. The zero-order valence-corrected chi connectivity index (χ0v) is 22.3. The molecule has 7 heteroatoms. The van der Waals surface area contributed by atoms with Gasteiger partial charge in [0.1, 0.15) is 5.69 Å². The lowest BCUT2D eigenvalue weighted by Gasteiger charge is -2.34. The number of aromatic nitrogens is 4. The summed E-state index contributed by atoms with van der Waals surface area (Å²) in [7, 11) is 4.13. The fourth-order valence-electron chi connectivity index (χ4n) is 5.24. The Morgan fingerprint density at radius 3 is 2.32 bits per heavy atom. The van der Waals surface area contributed by atoms with E-state index in [1.165, 1.54) is 0 Å². The molecule has 2 aromatic carbocycles. The number of nitriles is 1. The van der Waals surface area contributed by atoms with Crippen molar-refractivity contribution in [2.45, 2.75) is 19.3 Å². The zero-order chi connectivity index (χ0) is 26.4. The molecule has 6 rings (SSSR count). The van der Waals surface area contributed by atoms with Gasteiger partial charge in [-0.15, -0.1) is 0 Å². The molecule has 0 saturated carbocycles. The SMILES string of the molecule is CN1CCN(c2cncc(-c3ccc4ncc5c(c(-c6ccc(C(C)(C)C#N)cc6)nn5C)c4c3)c2)CC1. The van der Waals surface area contributed by atoms with Gasteiger partial charge in [0.25, 0.3) is 0 Å². The molecule has 0 atom stereocenters. The van der Waals surface area contributed by atoms with E-state index in [0.717, 1.165) is 81.6 Å². The lowest BCUT2D eigenvalue weighted by atomic mass is 9.86. The Bertz CT molecular complexity index is 1680. The highest BCUT2D eigenvalue weighted by Crippen LogP contribution is 2.36. The van der Waals surface area contributed by atoms with Crippen LogP contribution < -0.4 is 4.90 Å². The monoisotopic (exact) mass is 501 g/mol. The standard InChI is InChI=1S/C31H31N7/c1-31(2,20-32)24-8-5-21(6-9-24)30-29-26-16-22(7-10-27(26)34-19-28(29)37(4)35-30)23-15-25(18-33-17-23)38-13-11-36(3)12-14-38/h5-10,15-19H,11-14H2,1-4H3. The van der Waals surface area contributed by atoms with Crippen molar-refractivity contribution >= 4 is 27.5 Å². The molecule has 38 heavy (non-hydrogen) atoms. The highest BCUT2D eigenvalue weighted by Gasteiger charge is 2.21. The smallest absolute Gasteiger partial charge is 0.101 e. The van der Waals surface area contributed by atoms with E-state index in [9.17, 15) is 5.26 Å². The highest BCUT2D eigenvalue weighted by atomic mass is 15.3. The van der Waals surface area contributed by atoms with E-state index in [1.54, 1.807) is 0 Å². The van der Waals surface area contributed by atoms with Crippen LogP contribution in [0.5, 0.6) is 0 Å². The molecular formula is C31H31N7. The second-order valence-corrected chi connectivity index (χ2v) is 10.8. The molecule has 7 nitrogen and oxygen atoms in total. The summed E-state index contributed by atoms with van der Waals surface area (Å²) in [6, 6.07) is 19.2. The number of rotatable bonds is 4. The number of piperazine rings is 1. The van der Waals surface area contributed by atoms with Crippen molar-refractivity contribution in [2.24, 2.45) is 7.05 Å². The van der Waals surface area contributed by atoms with Gasteiger partial charge in [0.15, 0.2) is 0 Å².